The van der Waals surface area contributed by atoms with Gasteiger partial charge >= 0.3 is 6.18 Å². The SMILES string of the molecule is CCCP(=O)(I)Cc1ccc(Nc2ncc(C(F)(F)F)c(Nc3ccc(-c4cn(CCCO)nn4)nc3C(=O)NC)n2)c(OC)c1. The van der Waals surface area contributed by atoms with Crippen molar-refractivity contribution in [2.45, 2.75) is 38.6 Å². The van der Waals surface area contributed by atoms with Crippen LogP contribution in [-0.4, -0.2) is 67.9 Å². The van der Waals surface area contributed by atoms with Gasteiger partial charge in [0.15, 0.2) is 5.69 Å². The quantitative estimate of drug-likeness (QED) is 0.0875. The molecule has 1 atom stereocenters. The molecule has 246 valence electrons. The Morgan fingerprint density at radius 1 is 1.13 bits per heavy atom. The van der Waals surface area contributed by atoms with Crippen LogP contribution in [0, 0.1) is 0 Å². The van der Waals surface area contributed by atoms with Crippen LogP contribution in [0.25, 0.3) is 11.4 Å². The number of benzene rings is 1. The highest BCUT2D eigenvalue weighted by molar-refractivity contribution is 14.2. The minimum atomic E-state index is -4.83. The Balaban J connectivity index is 1.67. The molecule has 0 saturated carbocycles. The molecule has 0 aliphatic rings. The van der Waals surface area contributed by atoms with Crippen LogP contribution < -0.4 is 20.7 Å². The lowest BCUT2D eigenvalue weighted by molar-refractivity contribution is -0.137. The van der Waals surface area contributed by atoms with Crippen molar-refractivity contribution in [1.29, 1.82) is 0 Å². The number of alkyl halides is 3. The molecule has 13 nitrogen and oxygen atoms in total. The number of ether oxygens (including phenoxy) is 1. The number of pyridine rings is 1. The number of rotatable bonds is 14. The highest BCUT2D eigenvalue weighted by Gasteiger charge is 2.36. The normalized spacial score (nSPS) is 12.8. The summed E-state index contributed by atoms with van der Waals surface area (Å²) in [4.78, 5) is 22.7. The Bertz CT molecular complexity index is 1740. The van der Waals surface area contributed by atoms with E-state index < -0.39 is 28.2 Å². The molecule has 1 amide bonds. The number of methoxy groups -OCH3 is 1. The number of nitrogens with zero attached hydrogens (tertiary/aromatic N) is 6. The zero-order valence-corrected chi connectivity index (χ0v) is 28.2. The first-order valence-electron chi connectivity index (χ1n) is 14.0. The van der Waals surface area contributed by atoms with Crippen molar-refractivity contribution >= 4 is 55.9 Å². The zero-order valence-electron chi connectivity index (χ0n) is 25.1. The van der Waals surface area contributed by atoms with Crippen LogP contribution in [0.4, 0.5) is 36.3 Å². The van der Waals surface area contributed by atoms with Gasteiger partial charge < -0.3 is 30.4 Å². The van der Waals surface area contributed by atoms with Gasteiger partial charge in [-0.2, -0.15) is 18.2 Å². The molecule has 0 saturated heterocycles. The van der Waals surface area contributed by atoms with E-state index in [0.29, 0.717) is 48.6 Å². The van der Waals surface area contributed by atoms with Gasteiger partial charge in [0, 0.05) is 38.7 Å². The van der Waals surface area contributed by atoms with Crippen molar-refractivity contribution in [1.82, 2.24) is 35.3 Å². The fourth-order valence-corrected chi connectivity index (χ4v) is 8.56. The van der Waals surface area contributed by atoms with Gasteiger partial charge in [-0.15, -0.1) is 5.10 Å². The summed E-state index contributed by atoms with van der Waals surface area (Å²) < 4.78 is 62.0. The predicted octanol–water partition coefficient (Wildman–Crippen LogP) is 6.01. The summed E-state index contributed by atoms with van der Waals surface area (Å²) in [5.74, 6) is -1.12. The third-order valence-corrected chi connectivity index (χ3v) is 10.9. The molecule has 0 radical (unpaired) electrons. The van der Waals surface area contributed by atoms with Crippen molar-refractivity contribution < 1.29 is 32.4 Å². The maximum Gasteiger partial charge on any atom is 0.421 e. The van der Waals surface area contributed by atoms with Gasteiger partial charge in [-0.3, -0.25) is 9.48 Å². The van der Waals surface area contributed by atoms with Gasteiger partial charge in [-0.1, -0.05) is 18.2 Å². The third kappa shape index (κ3) is 8.91. The molecule has 4 aromatic rings. The summed E-state index contributed by atoms with van der Waals surface area (Å²) in [6.45, 7) is 2.34. The van der Waals surface area contributed by atoms with Crippen molar-refractivity contribution in [3.05, 3.63) is 59.5 Å². The lowest BCUT2D eigenvalue weighted by Gasteiger charge is -2.17. The maximum atomic E-state index is 14.1. The molecule has 0 fully saturated rings. The van der Waals surface area contributed by atoms with Crippen LogP contribution in [-0.2, 0) is 23.4 Å². The zero-order chi connectivity index (χ0) is 33.5. The molecule has 3 aromatic heterocycles. The summed E-state index contributed by atoms with van der Waals surface area (Å²) in [6, 6.07) is 7.98. The first-order valence-corrected chi connectivity index (χ1v) is 18.9. The topological polar surface area (TPSA) is 169 Å². The highest BCUT2D eigenvalue weighted by atomic mass is 127. The number of aliphatic hydroxyl groups excluding tert-OH is 1. The number of hydrogen-bond acceptors (Lipinski definition) is 11. The maximum absolute atomic E-state index is 14.1. The Hall–Kier alpha value is -3.83. The van der Waals surface area contributed by atoms with Gasteiger partial charge in [-0.25, -0.2) is 9.97 Å². The molecule has 0 aliphatic carbocycles. The predicted molar refractivity (Wildman–Crippen MR) is 175 cm³/mol. The number of aromatic nitrogens is 6. The van der Waals surface area contributed by atoms with Gasteiger partial charge in [-0.05, 0) is 64.7 Å². The second-order valence-electron chi connectivity index (χ2n) is 10.0. The van der Waals surface area contributed by atoms with Crippen LogP contribution >= 0.6 is 26.8 Å². The number of halogens is 4. The van der Waals surface area contributed by atoms with E-state index in [1.807, 2.05) is 29.0 Å². The number of nitrogens with one attached hydrogen (secondary N) is 3. The van der Waals surface area contributed by atoms with Crippen LogP contribution in [0.2, 0.25) is 0 Å². The number of aliphatic hydroxyl groups is 1. The van der Waals surface area contributed by atoms with E-state index in [1.54, 1.807) is 24.4 Å². The summed E-state index contributed by atoms with van der Waals surface area (Å²) in [6.07, 6.45) is -0.419. The largest absolute Gasteiger partial charge is 0.495 e. The number of anilines is 4. The first-order chi connectivity index (χ1) is 21.9. The number of aryl methyl sites for hydroxylation is 1. The lowest BCUT2D eigenvalue weighted by Crippen LogP contribution is -2.21. The molecule has 46 heavy (non-hydrogen) atoms. The molecule has 4 rings (SSSR count). The number of carbonyl (C=O) groups is 1. The van der Waals surface area contributed by atoms with E-state index >= 15 is 0 Å². The molecule has 0 aliphatic heterocycles. The summed E-state index contributed by atoms with van der Waals surface area (Å²) >= 11 is 2.01. The van der Waals surface area contributed by atoms with Crippen molar-refractivity contribution in [2.24, 2.45) is 0 Å². The smallest absolute Gasteiger partial charge is 0.421 e. The minimum Gasteiger partial charge on any atom is -0.495 e. The molecule has 1 unspecified atom stereocenters. The Labute approximate surface area is 275 Å². The Kier molecular flexibility index (Phi) is 11.6. The van der Waals surface area contributed by atoms with Crippen molar-refractivity contribution in [2.75, 3.05) is 37.6 Å². The monoisotopic (exact) mass is 773 g/mol. The van der Waals surface area contributed by atoms with E-state index in [4.69, 9.17) is 9.84 Å². The third-order valence-electron chi connectivity index (χ3n) is 6.52. The lowest BCUT2D eigenvalue weighted by atomic mass is 10.2. The Morgan fingerprint density at radius 2 is 1.89 bits per heavy atom. The van der Waals surface area contributed by atoms with Gasteiger partial charge in [0.05, 0.1) is 30.4 Å². The Morgan fingerprint density at radius 3 is 2.57 bits per heavy atom. The van der Waals surface area contributed by atoms with Crippen LogP contribution in [0.3, 0.4) is 0 Å². The standard InChI is InChI=1S/C28H32F3IN9O4P/c1-4-12-46(32,44)16-17-6-7-20(23(13-17)45-3)37-27-34-14-18(28(29,30)31)25(38-27)36-21-9-8-19(35-24(21)26(43)33-2)22-15-41(40-39-22)10-5-11-42/h6-9,13-15,42H,4-5,10-12,16H2,1-3H3,(H,33,43)(H2,34,36,37,38). The van der Waals surface area contributed by atoms with Gasteiger partial charge in [0.2, 0.25) is 5.95 Å². The highest BCUT2D eigenvalue weighted by Crippen LogP contribution is 2.58. The molecule has 18 heteroatoms. The van der Waals surface area contributed by atoms with E-state index in [1.165, 1.54) is 31.0 Å². The van der Waals surface area contributed by atoms with Crippen LogP contribution in [0.1, 0.15) is 41.4 Å². The number of amides is 1. The second-order valence-corrected chi connectivity index (χ2v) is 17.6. The van der Waals surface area contributed by atoms with Crippen molar-refractivity contribution in [3.63, 3.8) is 0 Å². The minimum absolute atomic E-state index is 0.0311. The molecular formula is C28H32F3IN9O4P. The first kappa shape index (κ1) is 35.0. The fourth-order valence-electron chi connectivity index (χ4n) is 4.37. The fraction of sp³-hybridized carbons (Fsp3) is 0.357. The van der Waals surface area contributed by atoms with E-state index in [9.17, 15) is 22.5 Å². The number of hydrogen-bond donors (Lipinski definition) is 4. The molecule has 4 N–H and O–H groups in total. The average Bonchev–Trinajstić information content (AvgIpc) is 3.49. The molecule has 0 bridgehead atoms. The molecular weight excluding hydrogens is 741 g/mol. The summed E-state index contributed by atoms with van der Waals surface area (Å²) in [7, 11) is 2.80. The average molecular weight is 773 g/mol. The van der Waals surface area contributed by atoms with Gasteiger partial charge in [0.1, 0.15) is 27.6 Å². The van der Waals surface area contributed by atoms with E-state index in [-0.39, 0.29) is 29.6 Å². The van der Waals surface area contributed by atoms with Crippen LogP contribution in [0.15, 0.2) is 42.7 Å². The number of carbonyl (C=O) groups excluding carboxylic acids is 1. The molecule has 1 aromatic carbocycles. The van der Waals surface area contributed by atoms with E-state index in [2.05, 4.69) is 41.2 Å². The van der Waals surface area contributed by atoms with Gasteiger partial charge in [0.25, 0.3) is 5.91 Å². The summed E-state index contributed by atoms with van der Waals surface area (Å²) in [5.41, 5.74) is 0.306. The molecule has 0 spiro atoms. The summed E-state index contributed by atoms with van der Waals surface area (Å²) in [5, 5.41) is 25.0. The van der Waals surface area contributed by atoms with Crippen LogP contribution in [0.5, 0.6) is 5.75 Å². The van der Waals surface area contributed by atoms with E-state index in [0.717, 1.165) is 12.0 Å². The molecule has 3 heterocycles. The second kappa shape index (κ2) is 15.2. The van der Waals surface area contributed by atoms with Crippen molar-refractivity contribution in [3.8, 4) is 17.1 Å².